The van der Waals surface area contributed by atoms with Crippen molar-refractivity contribution in [1.29, 1.82) is 0 Å². The highest BCUT2D eigenvalue weighted by atomic mass is 16.6. The minimum Gasteiger partial charge on any atom is -0.442 e. The smallest absolute Gasteiger partial charge is 0.439 e. The van der Waals surface area contributed by atoms with Gasteiger partial charge < -0.3 is 14.2 Å². The molecule has 0 aromatic carbocycles. The largest absolute Gasteiger partial charge is 0.442 e. The molecule has 8 heteroatoms. The van der Waals surface area contributed by atoms with Crippen molar-refractivity contribution < 1.29 is 28.6 Å². The van der Waals surface area contributed by atoms with E-state index in [-0.39, 0.29) is 6.54 Å². The molecule has 8 nitrogen and oxygen atoms in total. The van der Waals surface area contributed by atoms with Crippen molar-refractivity contribution in [3.63, 3.8) is 0 Å². The quantitative estimate of drug-likeness (QED) is 0.315. The van der Waals surface area contributed by atoms with E-state index in [4.69, 9.17) is 14.2 Å². The van der Waals surface area contributed by atoms with Crippen LogP contribution in [0.25, 0.3) is 0 Å². The molecule has 0 aliphatic carbocycles. The van der Waals surface area contributed by atoms with Gasteiger partial charge in [0.25, 0.3) is 0 Å². The summed E-state index contributed by atoms with van der Waals surface area (Å²) >= 11 is 0. The number of hydrazine groups is 1. The topological polar surface area (TPSA) is 85.4 Å². The molecule has 0 bridgehead atoms. The molecule has 0 aliphatic rings. The second-order valence-electron chi connectivity index (χ2n) is 9.94. The molecule has 0 saturated heterocycles. The number of imide groups is 1. The normalized spacial score (nSPS) is 12.2. The van der Waals surface area contributed by atoms with Gasteiger partial charge in [0.1, 0.15) is 16.8 Å². The average Bonchev–Trinajstić information content (AvgIpc) is 2.44. The summed E-state index contributed by atoms with van der Waals surface area (Å²) in [6.07, 6.45) is 0.614. The van der Waals surface area contributed by atoms with Crippen LogP contribution in [0.1, 0.15) is 94.9 Å². The molecule has 170 valence electrons. The number of nitrogens with zero attached hydrogens (tertiary/aromatic N) is 2. The molecular weight excluding hydrogens is 376 g/mol. The van der Waals surface area contributed by atoms with Crippen LogP contribution in [0, 0.1) is 0 Å². The molecule has 29 heavy (non-hydrogen) atoms. The summed E-state index contributed by atoms with van der Waals surface area (Å²) in [4.78, 5) is 38.5. The summed E-state index contributed by atoms with van der Waals surface area (Å²) in [5, 5.41) is 1.58. The van der Waals surface area contributed by atoms with E-state index in [2.05, 4.69) is 6.92 Å². The molecule has 0 rings (SSSR count). The number of carbonyl (C=O) groups is 3. The number of ether oxygens (including phenoxy) is 3. The Morgan fingerprint density at radius 2 is 1.00 bits per heavy atom. The standard InChI is InChI=1S/C21H40N2O6/c1-11-12-13-14-15-22(16(24)27-19(2,3)4)23(17(25)28-20(5,6)7)18(26)29-21(8,9)10/h11-15H2,1-10H3. The van der Waals surface area contributed by atoms with Gasteiger partial charge in [-0.05, 0) is 68.7 Å². The number of rotatable bonds is 5. The van der Waals surface area contributed by atoms with Gasteiger partial charge in [0.2, 0.25) is 0 Å². The fraction of sp³-hybridized carbons (Fsp3) is 0.857. The third kappa shape index (κ3) is 12.2. The van der Waals surface area contributed by atoms with Crippen molar-refractivity contribution in [2.45, 2.75) is 112 Å². The Morgan fingerprint density at radius 3 is 1.34 bits per heavy atom. The average molecular weight is 417 g/mol. The van der Waals surface area contributed by atoms with Crippen LogP contribution >= 0.6 is 0 Å². The lowest BCUT2D eigenvalue weighted by molar-refractivity contribution is -0.0695. The predicted molar refractivity (Wildman–Crippen MR) is 111 cm³/mol. The van der Waals surface area contributed by atoms with Crippen LogP contribution in [-0.2, 0) is 14.2 Å². The van der Waals surface area contributed by atoms with Gasteiger partial charge in [0, 0.05) is 6.54 Å². The summed E-state index contributed by atoms with van der Waals surface area (Å²) in [6.45, 7) is 17.4. The molecule has 0 heterocycles. The fourth-order valence-electron chi connectivity index (χ4n) is 2.16. The number of hydrogen-bond acceptors (Lipinski definition) is 6. The second kappa shape index (κ2) is 10.7. The van der Waals surface area contributed by atoms with E-state index in [0.717, 1.165) is 24.3 Å². The third-order valence-corrected chi connectivity index (χ3v) is 3.20. The molecule has 3 amide bonds. The van der Waals surface area contributed by atoms with Crippen LogP contribution in [-0.4, -0.2) is 51.6 Å². The van der Waals surface area contributed by atoms with E-state index < -0.39 is 35.1 Å². The second-order valence-corrected chi connectivity index (χ2v) is 9.94. The Kier molecular flexibility index (Phi) is 9.96. The van der Waals surface area contributed by atoms with Crippen LogP contribution in [0.15, 0.2) is 0 Å². The van der Waals surface area contributed by atoms with Gasteiger partial charge >= 0.3 is 18.3 Å². The van der Waals surface area contributed by atoms with Crippen molar-refractivity contribution in [3.8, 4) is 0 Å². The number of carbonyl (C=O) groups excluding carboxylic acids is 3. The first-order chi connectivity index (χ1) is 13.0. The van der Waals surface area contributed by atoms with Crippen molar-refractivity contribution >= 4 is 18.3 Å². The molecule has 0 atom stereocenters. The molecule has 0 radical (unpaired) electrons. The van der Waals surface area contributed by atoms with Gasteiger partial charge in [-0.15, -0.1) is 5.01 Å². The monoisotopic (exact) mass is 416 g/mol. The Labute approximate surface area is 175 Å². The van der Waals surface area contributed by atoms with E-state index in [1.807, 2.05) is 0 Å². The molecular formula is C21H40N2O6. The molecule has 0 N–H and O–H groups in total. The van der Waals surface area contributed by atoms with Crippen molar-refractivity contribution in [1.82, 2.24) is 10.0 Å². The van der Waals surface area contributed by atoms with Crippen LogP contribution in [0.5, 0.6) is 0 Å². The number of amides is 3. The highest BCUT2D eigenvalue weighted by Gasteiger charge is 2.39. The summed E-state index contributed by atoms with van der Waals surface area (Å²) in [5.41, 5.74) is -2.52. The first-order valence-electron chi connectivity index (χ1n) is 10.2. The van der Waals surface area contributed by atoms with Crippen LogP contribution in [0.2, 0.25) is 0 Å². The van der Waals surface area contributed by atoms with Crippen molar-refractivity contribution in [2.75, 3.05) is 6.54 Å². The first-order valence-corrected chi connectivity index (χ1v) is 10.2. The minimum atomic E-state index is -0.992. The van der Waals surface area contributed by atoms with Crippen LogP contribution < -0.4 is 0 Å². The van der Waals surface area contributed by atoms with Crippen LogP contribution in [0.3, 0.4) is 0 Å². The fourth-order valence-corrected chi connectivity index (χ4v) is 2.16. The maximum Gasteiger partial charge on any atom is 0.439 e. The maximum absolute atomic E-state index is 12.9. The predicted octanol–water partition coefficient (Wildman–Crippen LogP) is 5.89. The van der Waals surface area contributed by atoms with E-state index in [1.54, 1.807) is 62.3 Å². The maximum atomic E-state index is 12.9. The van der Waals surface area contributed by atoms with E-state index in [0.29, 0.717) is 11.4 Å². The molecule has 0 saturated carbocycles. The lowest BCUT2D eigenvalue weighted by atomic mass is 10.2. The Morgan fingerprint density at radius 1 is 0.621 bits per heavy atom. The Bertz CT molecular complexity index is 527. The number of unbranched alkanes of at least 4 members (excludes halogenated alkanes) is 3. The zero-order valence-electron chi connectivity index (χ0n) is 19.9. The van der Waals surface area contributed by atoms with Gasteiger partial charge in [0.05, 0.1) is 0 Å². The lowest BCUT2D eigenvalue weighted by Gasteiger charge is -2.36. The molecule has 0 aliphatic heterocycles. The summed E-state index contributed by atoms with van der Waals surface area (Å²) in [5.74, 6) is 0. The zero-order chi connectivity index (χ0) is 23.0. The molecule has 0 spiro atoms. The van der Waals surface area contributed by atoms with Gasteiger partial charge in [0.15, 0.2) is 0 Å². The van der Waals surface area contributed by atoms with Gasteiger partial charge in [-0.2, -0.15) is 0 Å². The van der Waals surface area contributed by atoms with Crippen molar-refractivity contribution in [2.24, 2.45) is 0 Å². The van der Waals surface area contributed by atoms with Crippen molar-refractivity contribution in [3.05, 3.63) is 0 Å². The molecule has 0 fully saturated rings. The first kappa shape index (κ1) is 27.0. The third-order valence-electron chi connectivity index (χ3n) is 3.20. The van der Waals surface area contributed by atoms with E-state index in [9.17, 15) is 14.4 Å². The lowest BCUT2D eigenvalue weighted by Crippen LogP contribution is -2.56. The zero-order valence-corrected chi connectivity index (χ0v) is 19.9. The molecule has 0 aromatic rings. The van der Waals surface area contributed by atoms with Crippen LogP contribution in [0.4, 0.5) is 14.4 Å². The summed E-state index contributed by atoms with van der Waals surface area (Å²) < 4.78 is 16.2. The highest BCUT2D eigenvalue weighted by molar-refractivity contribution is 5.90. The summed E-state index contributed by atoms with van der Waals surface area (Å²) in [6, 6.07) is 0. The molecule has 0 aromatic heterocycles. The minimum absolute atomic E-state index is 0.118. The van der Waals surface area contributed by atoms with E-state index >= 15 is 0 Å². The van der Waals surface area contributed by atoms with Gasteiger partial charge in [-0.25, -0.2) is 19.4 Å². The number of hydrogen-bond donors (Lipinski definition) is 0. The Balaban J connectivity index is 5.89. The Hall–Kier alpha value is -1.99. The van der Waals surface area contributed by atoms with E-state index in [1.165, 1.54) is 0 Å². The SMILES string of the molecule is CCCCCCN(C(=O)OC(C)(C)C)N(C(=O)OC(C)(C)C)C(=O)OC(C)(C)C. The summed E-state index contributed by atoms with van der Waals surface area (Å²) in [7, 11) is 0. The van der Waals surface area contributed by atoms with Gasteiger partial charge in [-0.1, -0.05) is 26.2 Å². The highest BCUT2D eigenvalue weighted by Crippen LogP contribution is 2.20. The van der Waals surface area contributed by atoms with Gasteiger partial charge in [-0.3, -0.25) is 0 Å². The molecule has 0 unspecified atom stereocenters.